The van der Waals surface area contributed by atoms with Gasteiger partial charge in [0.15, 0.2) is 5.82 Å². The molecule has 100 valence electrons. The summed E-state index contributed by atoms with van der Waals surface area (Å²) in [5, 5.41) is 19.9. The van der Waals surface area contributed by atoms with Crippen LogP contribution < -0.4 is 4.74 Å². The van der Waals surface area contributed by atoms with Gasteiger partial charge in [-0.05, 0) is 28.1 Å². The number of tetrazole rings is 1. The number of aryl methyl sites for hydroxylation is 1. The SMILES string of the molecule is COc1cccc(Cn2nnnc2CCC(=O)O)c1. The fourth-order valence-electron chi connectivity index (χ4n) is 1.69. The number of hydrogen-bond donors (Lipinski definition) is 1. The summed E-state index contributed by atoms with van der Waals surface area (Å²) in [6.45, 7) is 0.485. The van der Waals surface area contributed by atoms with Crippen LogP contribution in [-0.4, -0.2) is 38.4 Å². The quantitative estimate of drug-likeness (QED) is 0.826. The minimum Gasteiger partial charge on any atom is -0.497 e. The Morgan fingerprint density at radius 2 is 2.32 bits per heavy atom. The lowest BCUT2D eigenvalue weighted by molar-refractivity contribution is -0.137. The fourth-order valence-corrected chi connectivity index (χ4v) is 1.69. The van der Waals surface area contributed by atoms with Crippen LogP contribution in [0.4, 0.5) is 0 Å². The molecular formula is C12H14N4O3. The summed E-state index contributed by atoms with van der Waals surface area (Å²) < 4.78 is 6.74. The van der Waals surface area contributed by atoms with E-state index in [1.807, 2.05) is 24.3 Å². The van der Waals surface area contributed by atoms with E-state index in [-0.39, 0.29) is 6.42 Å². The van der Waals surface area contributed by atoms with Gasteiger partial charge >= 0.3 is 5.97 Å². The van der Waals surface area contributed by atoms with Crippen LogP contribution in [-0.2, 0) is 17.8 Å². The van der Waals surface area contributed by atoms with Crippen molar-refractivity contribution in [3.63, 3.8) is 0 Å². The van der Waals surface area contributed by atoms with Crippen molar-refractivity contribution in [3.05, 3.63) is 35.7 Å². The zero-order chi connectivity index (χ0) is 13.7. The van der Waals surface area contributed by atoms with Crippen LogP contribution in [0.1, 0.15) is 17.8 Å². The number of benzene rings is 1. The van der Waals surface area contributed by atoms with E-state index in [2.05, 4.69) is 15.5 Å². The number of ether oxygens (including phenoxy) is 1. The highest BCUT2D eigenvalue weighted by atomic mass is 16.5. The molecule has 1 aromatic carbocycles. The van der Waals surface area contributed by atoms with Gasteiger partial charge in [0.2, 0.25) is 0 Å². The summed E-state index contributed by atoms with van der Waals surface area (Å²) in [6, 6.07) is 7.57. The Morgan fingerprint density at radius 1 is 1.47 bits per heavy atom. The van der Waals surface area contributed by atoms with Crippen LogP contribution in [0, 0.1) is 0 Å². The third-order valence-corrected chi connectivity index (χ3v) is 2.64. The molecule has 7 heteroatoms. The second-order valence-electron chi connectivity index (χ2n) is 4.00. The predicted molar refractivity (Wildman–Crippen MR) is 65.9 cm³/mol. The van der Waals surface area contributed by atoms with Gasteiger partial charge in [-0.25, -0.2) is 4.68 Å². The van der Waals surface area contributed by atoms with Crippen molar-refractivity contribution in [2.24, 2.45) is 0 Å². The third-order valence-electron chi connectivity index (χ3n) is 2.64. The molecule has 0 amide bonds. The van der Waals surface area contributed by atoms with Crippen LogP contribution in [0.15, 0.2) is 24.3 Å². The normalized spacial score (nSPS) is 10.4. The standard InChI is InChI=1S/C12H14N4O3/c1-19-10-4-2-3-9(7-10)8-16-11(13-14-15-16)5-6-12(17)18/h2-4,7H,5-6,8H2,1H3,(H,17,18). The molecule has 7 nitrogen and oxygen atoms in total. The molecule has 0 fully saturated rings. The Bertz CT molecular complexity index is 568. The number of aromatic nitrogens is 4. The summed E-state index contributed by atoms with van der Waals surface area (Å²) in [5.41, 5.74) is 0.989. The third kappa shape index (κ3) is 3.51. The molecule has 1 aromatic heterocycles. The Balaban J connectivity index is 2.10. The van der Waals surface area contributed by atoms with Crippen LogP contribution in [0.25, 0.3) is 0 Å². The van der Waals surface area contributed by atoms with Gasteiger partial charge in [0.1, 0.15) is 5.75 Å². The van der Waals surface area contributed by atoms with Gasteiger partial charge in [-0.3, -0.25) is 4.79 Å². The number of rotatable bonds is 6. The first-order chi connectivity index (χ1) is 9.19. The highest BCUT2D eigenvalue weighted by molar-refractivity contribution is 5.66. The number of nitrogens with zero attached hydrogens (tertiary/aromatic N) is 4. The van der Waals surface area contributed by atoms with Gasteiger partial charge in [-0.1, -0.05) is 12.1 Å². The largest absolute Gasteiger partial charge is 0.497 e. The minimum absolute atomic E-state index is 0.0124. The van der Waals surface area contributed by atoms with Crippen LogP contribution in [0.3, 0.4) is 0 Å². The lowest BCUT2D eigenvalue weighted by Crippen LogP contribution is -2.09. The molecule has 2 aromatic rings. The van der Waals surface area contributed by atoms with Crippen LogP contribution >= 0.6 is 0 Å². The Hall–Kier alpha value is -2.44. The van der Waals surface area contributed by atoms with Crippen molar-refractivity contribution in [2.75, 3.05) is 7.11 Å². The zero-order valence-electron chi connectivity index (χ0n) is 10.5. The van der Waals surface area contributed by atoms with E-state index >= 15 is 0 Å². The molecular weight excluding hydrogens is 248 g/mol. The Labute approximate surface area is 109 Å². The number of carboxylic acid groups (broad SMARTS) is 1. The summed E-state index contributed by atoms with van der Waals surface area (Å²) >= 11 is 0. The Morgan fingerprint density at radius 3 is 3.05 bits per heavy atom. The molecule has 0 atom stereocenters. The van der Waals surface area contributed by atoms with E-state index in [9.17, 15) is 4.79 Å². The summed E-state index contributed by atoms with van der Waals surface area (Å²) in [7, 11) is 1.61. The number of carboxylic acids is 1. The molecule has 2 rings (SSSR count). The fraction of sp³-hybridized carbons (Fsp3) is 0.333. The second kappa shape index (κ2) is 5.94. The van der Waals surface area contributed by atoms with E-state index < -0.39 is 5.97 Å². The van der Waals surface area contributed by atoms with Gasteiger partial charge in [0, 0.05) is 6.42 Å². The molecule has 1 heterocycles. The maximum Gasteiger partial charge on any atom is 0.303 e. The first-order valence-corrected chi connectivity index (χ1v) is 5.79. The lowest BCUT2D eigenvalue weighted by atomic mass is 10.2. The molecule has 0 radical (unpaired) electrons. The van der Waals surface area contributed by atoms with Crippen molar-refractivity contribution in [2.45, 2.75) is 19.4 Å². The van der Waals surface area contributed by atoms with Crippen molar-refractivity contribution < 1.29 is 14.6 Å². The van der Waals surface area contributed by atoms with Gasteiger partial charge in [-0.2, -0.15) is 0 Å². The molecule has 0 saturated heterocycles. The Kier molecular flexibility index (Phi) is 4.07. The van der Waals surface area contributed by atoms with Crippen molar-refractivity contribution >= 4 is 5.97 Å². The molecule has 0 aliphatic rings. The topological polar surface area (TPSA) is 90.1 Å². The smallest absolute Gasteiger partial charge is 0.303 e. The van der Waals surface area contributed by atoms with Crippen molar-refractivity contribution in [3.8, 4) is 5.75 Å². The van der Waals surface area contributed by atoms with E-state index in [4.69, 9.17) is 9.84 Å². The van der Waals surface area contributed by atoms with Crippen molar-refractivity contribution in [1.29, 1.82) is 0 Å². The number of carbonyl (C=O) groups is 1. The first kappa shape index (κ1) is 13.0. The number of hydrogen-bond acceptors (Lipinski definition) is 5. The lowest BCUT2D eigenvalue weighted by Gasteiger charge is -2.06. The average Bonchev–Trinajstić information content (AvgIpc) is 2.84. The van der Waals surface area contributed by atoms with Gasteiger partial charge < -0.3 is 9.84 Å². The molecule has 0 bridgehead atoms. The summed E-state index contributed by atoms with van der Waals surface area (Å²) in [5.74, 6) is 0.457. The van der Waals surface area contributed by atoms with Gasteiger partial charge in [-0.15, -0.1) is 5.10 Å². The molecule has 0 aliphatic carbocycles. The van der Waals surface area contributed by atoms with Gasteiger partial charge in [0.05, 0.1) is 20.1 Å². The first-order valence-electron chi connectivity index (χ1n) is 5.79. The van der Waals surface area contributed by atoms with Gasteiger partial charge in [0.25, 0.3) is 0 Å². The molecule has 1 N–H and O–H groups in total. The minimum atomic E-state index is -0.865. The predicted octanol–water partition coefficient (Wildman–Crippen LogP) is 0.747. The van der Waals surface area contributed by atoms with Crippen LogP contribution in [0.2, 0.25) is 0 Å². The molecule has 0 saturated carbocycles. The highest BCUT2D eigenvalue weighted by Gasteiger charge is 2.09. The molecule has 0 unspecified atom stereocenters. The number of aliphatic carboxylic acids is 1. The van der Waals surface area contributed by atoms with Crippen LogP contribution in [0.5, 0.6) is 5.75 Å². The van der Waals surface area contributed by atoms with Crippen molar-refractivity contribution in [1.82, 2.24) is 20.2 Å². The highest BCUT2D eigenvalue weighted by Crippen LogP contribution is 2.13. The second-order valence-corrected chi connectivity index (χ2v) is 4.00. The van der Waals surface area contributed by atoms with E-state index in [1.165, 1.54) is 0 Å². The maximum atomic E-state index is 10.6. The molecule has 0 spiro atoms. The maximum absolute atomic E-state index is 10.6. The zero-order valence-corrected chi connectivity index (χ0v) is 10.5. The average molecular weight is 262 g/mol. The summed E-state index contributed by atoms with van der Waals surface area (Å²) in [4.78, 5) is 10.6. The molecule has 19 heavy (non-hydrogen) atoms. The monoisotopic (exact) mass is 262 g/mol. The van der Waals surface area contributed by atoms with E-state index in [0.29, 0.717) is 18.8 Å². The molecule has 0 aliphatic heterocycles. The summed E-state index contributed by atoms with van der Waals surface area (Å²) in [6.07, 6.45) is 0.324. The number of methoxy groups -OCH3 is 1. The van der Waals surface area contributed by atoms with E-state index in [1.54, 1.807) is 11.8 Å². The van der Waals surface area contributed by atoms with E-state index in [0.717, 1.165) is 11.3 Å².